The number of rotatable bonds is 4. The molecule has 2 rings (SSSR count). The van der Waals surface area contributed by atoms with E-state index in [0.29, 0.717) is 23.7 Å². The van der Waals surface area contributed by atoms with Crippen LogP contribution in [-0.2, 0) is 9.53 Å². The van der Waals surface area contributed by atoms with Gasteiger partial charge in [0.15, 0.2) is 0 Å². The van der Waals surface area contributed by atoms with E-state index in [2.05, 4.69) is 10.6 Å². The number of esters is 1. The number of carbonyl (C=O) groups is 2. The molecule has 6 heteroatoms. The first-order valence-electron chi connectivity index (χ1n) is 6.41. The lowest BCUT2D eigenvalue weighted by Crippen LogP contribution is -2.25. The standard InChI is InChI=1S/C13H18N2O3S/c1-3-18-13(17)10-6-8(2)19-12(10)15-11(16)9-4-5-14-7-9/h6,9,14H,3-5,7H2,1-2H3,(H,15,16). The molecule has 0 radical (unpaired) electrons. The number of hydrogen-bond acceptors (Lipinski definition) is 5. The van der Waals surface area contributed by atoms with E-state index in [4.69, 9.17) is 4.74 Å². The Morgan fingerprint density at radius 3 is 3.00 bits per heavy atom. The summed E-state index contributed by atoms with van der Waals surface area (Å²) in [5, 5.41) is 6.59. The molecular formula is C13H18N2O3S. The minimum absolute atomic E-state index is 0.0162. The van der Waals surface area contributed by atoms with Crippen molar-refractivity contribution in [2.75, 3.05) is 25.0 Å². The van der Waals surface area contributed by atoms with Crippen molar-refractivity contribution in [1.29, 1.82) is 0 Å². The van der Waals surface area contributed by atoms with Crippen molar-refractivity contribution in [3.8, 4) is 0 Å². The molecule has 1 atom stereocenters. The SMILES string of the molecule is CCOC(=O)c1cc(C)sc1NC(=O)C1CCNC1. The summed E-state index contributed by atoms with van der Waals surface area (Å²) in [5.74, 6) is -0.429. The summed E-state index contributed by atoms with van der Waals surface area (Å²) in [6.07, 6.45) is 0.838. The van der Waals surface area contributed by atoms with Crippen LogP contribution in [0.3, 0.4) is 0 Å². The van der Waals surface area contributed by atoms with Crippen molar-refractivity contribution in [1.82, 2.24) is 5.32 Å². The molecule has 1 amide bonds. The average molecular weight is 282 g/mol. The van der Waals surface area contributed by atoms with E-state index < -0.39 is 0 Å². The van der Waals surface area contributed by atoms with Crippen molar-refractivity contribution < 1.29 is 14.3 Å². The molecule has 0 spiro atoms. The Morgan fingerprint density at radius 1 is 1.58 bits per heavy atom. The van der Waals surface area contributed by atoms with Crippen LogP contribution in [0, 0.1) is 12.8 Å². The van der Waals surface area contributed by atoms with Gasteiger partial charge >= 0.3 is 5.97 Å². The van der Waals surface area contributed by atoms with Gasteiger partial charge < -0.3 is 15.4 Å². The predicted molar refractivity (Wildman–Crippen MR) is 74.6 cm³/mol. The average Bonchev–Trinajstić information content (AvgIpc) is 2.98. The topological polar surface area (TPSA) is 67.4 Å². The Kier molecular flexibility index (Phi) is 4.55. The zero-order chi connectivity index (χ0) is 13.8. The highest BCUT2D eigenvalue weighted by atomic mass is 32.1. The number of thiophene rings is 1. The van der Waals surface area contributed by atoms with Gasteiger partial charge in [0, 0.05) is 11.4 Å². The monoisotopic (exact) mass is 282 g/mol. The third-order valence-corrected chi connectivity index (χ3v) is 3.98. The second kappa shape index (κ2) is 6.16. The molecule has 104 valence electrons. The van der Waals surface area contributed by atoms with Crippen LogP contribution in [0.15, 0.2) is 6.07 Å². The van der Waals surface area contributed by atoms with Gasteiger partial charge in [0.1, 0.15) is 5.00 Å². The van der Waals surface area contributed by atoms with E-state index in [9.17, 15) is 9.59 Å². The highest BCUT2D eigenvalue weighted by Gasteiger charge is 2.25. The van der Waals surface area contributed by atoms with E-state index in [1.807, 2.05) is 6.92 Å². The molecule has 19 heavy (non-hydrogen) atoms. The molecule has 0 saturated carbocycles. The smallest absolute Gasteiger partial charge is 0.341 e. The fourth-order valence-electron chi connectivity index (χ4n) is 2.06. The molecule has 1 fully saturated rings. The Labute approximate surface area is 116 Å². The summed E-state index contributed by atoms with van der Waals surface area (Å²) in [5.41, 5.74) is 0.448. The molecule has 5 nitrogen and oxygen atoms in total. The van der Waals surface area contributed by atoms with Gasteiger partial charge in [0.25, 0.3) is 0 Å². The zero-order valence-electron chi connectivity index (χ0n) is 11.1. The van der Waals surface area contributed by atoms with Crippen LogP contribution in [0.1, 0.15) is 28.6 Å². The van der Waals surface area contributed by atoms with E-state index in [-0.39, 0.29) is 17.8 Å². The van der Waals surface area contributed by atoms with Crippen molar-refractivity contribution in [2.45, 2.75) is 20.3 Å². The van der Waals surface area contributed by atoms with Crippen LogP contribution in [0.4, 0.5) is 5.00 Å². The minimum Gasteiger partial charge on any atom is -0.462 e. The van der Waals surface area contributed by atoms with Crippen molar-refractivity contribution in [3.05, 3.63) is 16.5 Å². The number of carbonyl (C=O) groups excluding carboxylic acids is 2. The van der Waals surface area contributed by atoms with Gasteiger partial charge in [-0.3, -0.25) is 4.79 Å². The van der Waals surface area contributed by atoms with Crippen molar-refractivity contribution in [2.24, 2.45) is 5.92 Å². The number of hydrogen-bond donors (Lipinski definition) is 2. The second-order valence-electron chi connectivity index (χ2n) is 4.50. The maximum absolute atomic E-state index is 12.1. The summed E-state index contributed by atoms with van der Waals surface area (Å²) in [6.45, 7) is 5.56. The summed E-state index contributed by atoms with van der Waals surface area (Å²) < 4.78 is 4.99. The van der Waals surface area contributed by atoms with Crippen LogP contribution in [0.2, 0.25) is 0 Å². The third kappa shape index (κ3) is 3.33. The highest BCUT2D eigenvalue weighted by molar-refractivity contribution is 7.16. The molecule has 0 bridgehead atoms. The number of ether oxygens (including phenoxy) is 1. The normalized spacial score (nSPS) is 18.3. The van der Waals surface area contributed by atoms with E-state index in [0.717, 1.165) is 17.8 Å². The van der Waals surface area contributed by atoms with E-state index >= 15 is 0 Å². The Balaban J connectivity index is 2.10. The van der Waals surface area contributed by atoms with Gasteiger partial charge in [0.05, 0.1) is 18.1 Å². The Morgan fingerprint density at radius 2 is 2.37 bits per heavy atom. The zero-order valence-corrected chi connectivity index (χ0v) is 11.9. The van der Waals surface area contributed by atoms with E-state index in [1.165, 1.54) is 11.3 Å². The fourth-order valence-corrected chi connectivity index (χ4v) is 2.96. The minimum atomic E-state index is -0.383. The quantitative estimate of drug-likeness (QED) is 0.826. The van der Waals surface area contributed by atoms with Gasteiger partial charge in [-0.05, 0) is 32.9 Å². The van der Waals surface area contributed by atoms with Crippen molar-refractivity contribution >= 4 is 28.2 Å². The molecule has 2 heterocycles. The molecule has 1 unspecified atom stereocenters. The first kappa shape index (κ1) is 14.0. The number of amides is 1. The molecule has 1 aliphatic heterocycles. The number of nitrogens with one attached hydrogen (secondary N) is 2. The Hall–Kier alpha value is -1.40. The summed E-state index contributed by atoms with van der Waals surface area (Å²) in [7, 11) is 0. The largest absolute Gasteiger partial charge is 0.462 e. The molecule has 1 aliphatic rings. The number of aryl methyl sites for hydroxylation is 1. The fraction of sp³-hybridized carbons (Fsp3) is 0.538. The third-order valence-electron chi connectivity index (χ3n) is 3.02. The van der Waals surface area contributed by atoms with Gasteiger partial charge in [-0.2, -0.15) is 0 Å². The highest BCUT2D eigenvalue weighted by Crippen LogP contribution is 2.29. The molecular weight excluding hydrogens is 264 g/mol. The predicted octanol–water partition coefficient (Wildman–Crippen LogP) is 1.78. The molecule has 1 aromatic heterocycles. The molecule has 1 saturated heterocycles. The maximum atomic E-state index is 12.1. The lowest BCUT2D eigenvalue weighted by molar-refractivity contribution is -0.119. The summed E-state index contributed by atoms with van der Waals surface area (Å²) in [6, 6.07) is 1.76. The van der Waals surface area contributed by atoms with Crippen LogP contribution in [0.25, 0.3) is 0 Å². The van der Waals surface area contributed by atoms with Gasteiger partial charge in [-0.25, -0.2) is 4.79 Å². The van der Waals surface area contributed by atoms with Gasteiger partial charge in [0.2, 0.25) is 5.91 Å². The molecule has 0 aliphatic carbocycles. The van der Waals surface area contributed by atoms with Crippen molar-refractivity contribution in [3.63, 3.8) is 0 Å². The van der Waals surface area contributed by atoms with Crippen LogP contribution in [-0.4, -0.2) is 31.6 Å². The van der Waals surface area contributed by atoms with Crippen LogP contribution < -0.4 is 10.6 Å². The molecule has 0 aromatic carbocycles. The summed E-state index contributed by atoms with van der Waals surface area (Å²) in [4.78, 5) is 24.8. The lowest BCUT2D eigenvalue weighted by Gasteiger charge is -2.09. The molecule has 1 aromatic rings. The number of anilines is 1. The maximum Gasteiger partial charge on any atom is 0.341 e. The van der Waals surface area contributed by atoms with Gasteiger partial charge in [-0.1, -0.05) is 0 Å². The first-order valence-corrected chi connectivity index (χ1v) is 7.22. The summed E-state index contributed by atoms with van der Waals surface area (Å²) >= 11 is 1.40. The van der Waals surface area contributed by atoms with Gasteiger partial charge in [-0.15, -0.1) is 11.3 Å². The Bertz CT molecular complexity index is 478. The second-order valence-corrected chi connectivity index (χ2v) is 5.76. The molecule has 2 N–H and O–H groups in total. The van der Waals surface area contributed by atoms with Crippen LogP contribution in [0.5, 0.6) is 0 Å². The van der Waals surface area contributed by atoms with Crippen LogP contribution >= 0.6 is 11.3 Å². The first-order chi connectivity index (χ1) is 9.11. The van der Waals surface area contributed by atoms with E-state index in [1.54, 1.807) is 13.0 Å². The lowest BCUT2D eigenvalue weighted by atomic mass is 10.1.